The van der Waals surface area contributed by atoms with Crippen molar-refractivity contribution in [2.24, 2.45) is 0 Å². The van der Waals surface area contributed by atoms with E-state index in [-0.39, 0.29) is 17.2 Å². The lowest BCUT2D eigenvalue weighted by atomic mass is 10.1. The quantitative estimate of drug-likeness (QED) is 0.787. The van der Waals surface area contributed by atoms with Crippen LogP contribution in [0.4, 0.5) is 5.69 Å². The van der Waals surface area contributed by atoms with E-state index in [1.807, 2.05) is 6.92 Å². The van der Waals surface area contributed by atoms with Crippen molar-refractivity contribution in [1.82, 2.24) is 4.90 Å². The maximum Gasteiger partial charge on any atom is 0.261 e. The van der Waals surface area contributed by atoms with E-state index in [1.54, 1.807) is 7.05 Å². The summed E-state index contributed by atoms with van der Waals surface area (Å²) in [5.41, 5.74) is 0.582. The van der Waals surface area contributed by atoms with Crippen molar-refractivity contribution < 1.29 is 18.3 Å². The third kappa shape index (κ3) is 3.44. The zero-order valence-corrected chi connectivity index (χ0v) is 11.3. The van der Waals surface area contributed by atoms with E-state index in [2.05, 4.69) is 8.91 Å². The first-order chi connectivity index (χ1) is 8.49. The van der Waals surface area contributed by atoms with E-state index >= 15 is 0 Å². The molecule has 7 heteroatoms. The molecule has 1 atom stereocenters. The van der Waals surface area contributed by atoms with Crippen molar-refractivity contribution in [3.8, 4) is 5.75 Å². The van der Waals surface area contributed by atoms with Gasteiger partial charge < -0.3 is 10.0 Å². The van der Waals surface area contributed by atoms with E-state index in [4.69, 9.17) is 0 Å². The number of carbonyl (C=O) groups is 1. The number of phenols is 1. The van der Waals surface area contributed by atoms with Gasteiger partial charge in [0.15, 0.2) is 0 Å². The van der Waals surface area contributed by atoms with Gasteiger partial charge in [-0.1, -0.05) is 0 Å². The Hall–Kier alpha value is -1.60. The minimum atomic E-state index is -1.68. The Morgan fingerprint density at radius 1 is 1.56 bits per heavy atom. The third-order valence-electron chi connectivity index (χ3n) is 2.40. The molecule has 1 aromatic rings. The maximum atomic E-state index is 11.9. The summed E-state index contributed by atoms with van der Waals surface area (Å²) in [6, 6.07) is 4.31. The van der Waals surface area contributed by atoms with Crippen LogP contribution < -0.4 is 4.72 Å². The highest BCUT2D eigenvalue weighted by atomic mass is 32.2. The number of amides is 1. The molecule has 0 aliphatic rings. The van der Waals surface area contributed by atoms with Crippen molar-refractivity contribution in [1.29, 1.82) is 0 Å². The predicted molar refractivity (Wildman–Crippen MR) is 69.5 cm³/mol. The molecular weight excluding hydrogens is 256 g/mol. The topological polar surface area (TPSA) is 78.9 Å². The minimum Gasteiger partial charge on any atom is -0.507 e. The lowest BCUT2D eigenvalue weighted by Crippen LogP contribution is -2.26. The molecule has 0 radical (unpaired) electrons. The highest BCUT2D eigenvalue weighted by Crippen LogP contribution is 2.23. The number of hydrogen-bond acceptors (Lipinski definition) is 4. The molecule has 0 aromatic heterocycles. The summed E-state index contributed by atoms with van der Waals surface area (Å²) in [7, 11) is 2.93. The number of nitrogens with one attached hydrogen (secondary N) is 1. The molecule has 0 saturated heterocycles. The molecule has 100 valence electrons. The number of aromatic hydroxyl groups is 1. The molecule has 0 aliphatic heterocycles. The summed E-state index contributed by atoms with van der Waals surface area (Å²) < 4.78 is 18.3. The molecule has 0 heterocycles. The summed E-state index contributed by atoms with van der Waals surface area (Å²) in [5.74, 6) is -0.420. The van der Waals surface area contributed by atoms with Crippen LogP contribution in [0.25, 0.3) is 0 Å². The van der Waals surface area contributed by atoms with Crippen molar-refractivity contribution in [2.75, 3.05) is 25.4 Å². The number of phenolic OH excluding ortho intramolecular Hbond substituents is 1. The van der Waals surface area contributed by atoms with Crippen LogP contribution in [0.1, 0.15) is 17.3 Å². The van der Waals surface area contributed by atoms with Gasteiger partial charge in [0, 0.05) is 19.3 Å². The van der Waals surface area contributed by atoms with Gasteiger partial charge in [-0.3, -0.25) is 13.7 Å². The highest BCUT2D eigenvalue weighted by Gasteiger charge is 2.15. The van der Waals surface area contributed by atoms with Crippen molar-refractivity contribution >= 4 is 22.9 Å². The van der Waals surface area contributed by atoms with Crippen LogP contribution in [0, 0.1) is 0 Å². The molecule has 1 aromatic carbocycles. The maximum absolute atomic E-state index is 11.9. The van der Waals surface area contributed by atoms with Gasteiger partial charge in [0.2, 0.25) is 0 Å². The molecule has 18 heavy (non-hydrogen) atoms. The Morgan fingerprint density at radius 3 is 2.78 bits per heavy atom. The third-order valence-corrected chi connectivity index (χ3v) is 3.11. The number of carbonyl (C=O) groups excluding carboxylic acids is 1. The van der Waals surface area contributed by atoms with E-state index < -0.39 is 11.3 Å². The normalized spacial score (nSPS) is 11.9. The van der Waals surface area contributed by atoms with Gasteiger partial charge in [-0.05, 0) is 25.1 Å². The lowest BCUT2D eigenvalue weighted by molar-refractivity contribution is 0.0799. The molecule has 0 spiro atoms. The largest absolute Gasteiger partial charge is 0.507 e. The van der Waals surface area contributed by atoms with Crippen LogP contribution in [0.2, 0.25) is 0 Å². The Labute approximate surface area is 108 Å². The fourth-order valence-electron chi connectivity index (χ4n) is 1.26. The molecule has 0 bridgehead atoms. The molecular formula is C11H16N2O4S. The molecule has 6 nitrogen and oxygen atoms in total. The van der Waals surface area contributed by atoms with Crippen LogP contribution in [-0.2, 0) is 15.4 Å². The first-order valence-corrected chi connectivity index (χ1v) is 6.38. The zero-order valence-electron chi connectivity index (χ0n) is 10.5. The van der Waals surface area contributed by atoms with Crippen molar-refractivity contribution in [3.63, 3.8) is 0 Å². The molecule has 1 unspecified atom stereocenters. The first-order valence-electron chi connectivity index (χ1n) is 5.31. The van der Waals surface area contributed by atoms with Crippen LogP contribution in [0.15, 0.2) is 18.2 Å². The average molecular weight is 272 g/mol. The van der Waals surface area contributed by atoms with Crippen LogP contribution in [-0.4, -0.2) is 40.8 Å². The second kappa shape index (κ2) is 6.36. The Kier molecular flexibility index (Phi) is 5.11. The minimum absolute atomic E-state index is 0.117. The number of rotatable bonds is 5. The zero-order chi connectivity index (χ0) is 13.7. The summed E-state index contributed by atoms with van der Waals surface area (Å²) in [5, 5.41) is 9.66. The van der Waals surface area contributed by atoms with Gasteiger partial charge >= 0.3 is 0 Å². The molecule has 2 N–H and O–H groups in total. The van der Waals surface area contributed by atoms with E-state index in [0.717, 1.165) is 0 Å². The van der Waals surface area contributed by atoms with E-state index in [0.29, 0.717) is 12.2 Å². The Morgan fingerprint density at radius 2 is 2.22 bits per heavy atom. The standard InChI is InChI=1S/C11H16N2O4S/c1-4-13(2)11(15)9-7-8(5-6-10(9)14)12-18(16)17-3/h5-7,12,14H,4H2,1-3H3. The summed E-state index contributed by atoms with van der Waals surface area (Å²) >= 11 is -1.68. The number of benzene rings is 1. The molecule has 1 rings (SSSR count). The second-order valence-corrected chi connectivity index (χ2v) is 4.56. The SMILES string of the molecule is CCN(C)C(=O)c1cc(NS(=O)OC)ccc1O. The smallest absolute Gasteiger partial charge is 0.261 e. The Bertz CT molecular complexity index is 464. The highest BCUT2D eigenvalue weighted by molar-refractivity contribution is 7.81. The predicted octanol–water partition coefficient (Wildman–Crippen LogP) is 1.12. The number of nitrogens with zero attached hydrogens (tertiary/aromatic N) is 1. The lowest BCUT2D eigenvalue weighted by Gasteiger charge is -2.16. The summed E-state index contributed by atoms with van der Waals surface area (Å²) in [4.78, 5) is 13.4. The van der Waals surface area contributed by atoms with E-state index in [1.165, 1.54) is 30.2 Å². The van der Waals surface area contributed by atoms with E-state index in [9.17, 15) is 14.1 Å². The van der Waals surface area contributed by atoms with Crippen molar-refractivity contribution in [2.45, 2.75) is 6.92 Å². The van der Waals surface area contributed by atoms with Crippen LogP contribution in [0.3, 0.4) is 0 Å². The Balaban J connectivity index is 3.01. The fraction of sp³-hybridized carbons (Fsp3) is 0.364. The summed E-state index contributed by atoms with van der Waals surface area (Å²) in [6.45, 7) is 2.36. The molecule has 0 aliphatic carbocycles. The fourth-order valence-corrected chi connectivity index (χ4v) is 1.66. The number of anilines is 1. The summed E-state index contributed by atoms with van der Waals surface area (Å²) in [6.07, 6.45) is 0. The number of hydrogen-bond donors (Lipinski definition) is 2. The van der Waals surface area contributed by atoms with Gasteiger partial charge in [0.1, 0.15) is 5.75 Å². The van der Waals surface area contributed by atoms with Gasteiger partial charge in [0.05, 0.1) is 12.7 Å². The molecule has 0 saturated carbocycles. The van der Waals surface area contributed by atoms with Gasteiger partial charge in [0.25, 0.3) is 17.2 Å². The van der Waals surface area contributed by atoms with Gasteiger partial charge in [-0.15, -0.1) is 0 Å². The van der Waals surface area contributed by atoms with Gasteiger partial charge in [-0.2, -0.15) is 0 Å². The second-order valence-electron chi connectivity index (χ2n) is 3.55. The van der Waals surface area contributed by atoms with Crippen molar-refractivity contribution in [3.05, 3.63) is 23.8 Å². The first kappa shape index (κ1) is 14.5. The van der Waals surface area contributed by atoms with Gasteiger partial charge in [-0.25, -0.2) is 4.21 Å². The molecule has 1 amide bonds. The monoisotopic (exact) mass is 272 g/mol. The average Bonchev–Trinajstić information content (AvgIpc) is 2.39. The molecule has 0 fully saturated rings. The van der Waals surface area contributed by atoms with Crippen LogP contribution in [0.5, 0.6) is 5.75 Å². The van der Waals surface area contributed by atoms with Crippen LogP contribution >= 0.6 is 0 Å².